The van der Waals surface area contributed by atoms with Gasteiger partial charge in [0.1, 0.15) is 0 Å². The molecule has 1 fully saturated rings. The predicted molar refractivity (Wildman–Crippen MR) is 75.8 cm³/mol. The molecule has 18 heavy (non-hydrogen) atoms. The highest BCUT2D eigenvalue weighted by Gasteiger charge is 2.28. The molecular weight excluding hydrogens is 273 g/mol. The van der Waals surface area contributed by atoms with Crippen molar-refractivity contribution in [3.05, 3.63) is 28.2 Å². The van der Waals surface area contributed by atoms with Crippen molar-refractivity contribution in [2.45, 2.75) is 20.3 Å². The van der Waals surface area contributed by atoms with Crippen molar-refractivity contribution in [3.8, 4) is 0 Å². The summed E-state index contributed by atoms with van der Waals surface area (Å²) in [7, 11) is 0. The largest absolute Gasteiger partial charge is 0.481 e. The lowest BCUT2D eigenvalue weighted by Gasteiger charge is -2.19. The topological polar surface area (TPSA) is 40.5 Å². The van der Waals surface area contributed by atoms with Crippen LogP contribution in [0.1, 0.15) is 20.3 Å². The fourth-order valence-electron chi connectivity index (χ4n) is 1.92. The lowest BCUT2D eigenvalue weighted by Crippen LogP contribution is -2.22. The second-order valence-corrected chi connectivity index (χ2v) is 4.71. The van der Waals surface area contributed by atoms with E-state index in [4.69, 9.17) is 28.3 Å². The fourth-order valence-corrected chi connectivity index (χ4v) is 2.45. The van der Waals surface area contributed by atoms with E-state index in [0.717, 1.165) is 12.2 Å². The van der Waals surface area contributed by atoms with Gasteiger partial charge in [0.2, 0.25) is 0 Å². The minimum atomic E-state index is -0.743. The van der Waals surface area contributed by atoms with Gasteiger partial charge in [0, 0.05) is 18.1 Å². The van der Waals surface area contributed by atoms with Crippen molar-refractivity contribution < 1.29 is 9.90 Å². The SMILES string of the molecule is CC.O=C(O)C1CCN(c2ccc(Cl)cc2Cl)C1. The van der Waals surface area contributed by atoms with Crippen LogP contribution in [0, 0.1) is 5.92 Å². The van der Waals surface area contributed by atoms with Crippen molar-refractivity contribution in [1.29, 1.82) is 0 Å². The number of carboxylic acid groups (broad SMARTS) is 1. The van der Waals surface area contributed by atoms with E-state index in [9.17, 15) is 4.79 Å². The molecule has 0 saturated carbocycles. The van der Waals surface area contributed by atoms with Gasteiger partial charge in [-0.1, -0.05) is 37.0 Å². The van der Waals surface area contributed by atoms with Crippen LogP contribution in [0.4, 0.5) is 5.69 Å². The Morgan fingerprint density at radius 2 is 2.06 bits per heavy atom. The number of benzene rings is 1. The van der Waals surface area contributed by atoms with E-state index in [-0.39, 0.29) is 5.92 Å². The molecule has 1 unspecified atom stereocenters. The summed E-state index contributed by atoms with van der Waals surface area (Å²) in [6.45, 7) is 5.23. The Balaban J connectivity index is 0.000000771. The third kappa shape index (κ3) is 3.53. The van der Waals surface area contributed by atoms with Crippen LogP contribution in [0.25, 0.3) is 0 Å². The molecular formula is C13H17Cl2NO2. The molecule has 0 spiro atoms. The number of halogens is 2. The molecule has 1 aromatic carbocycles. The van der Waals surface area contributed by atoms with E-state index in [1.54, 1.807) is 12.1 Å². The highest BCUT2D eigenvalue weighted by atomic mass is 35.5. The van der Waals surface area contributed by atoms with Crippen LogP contribution < -0.4 is 4.90 Å². The summed E-state index contributed by atoms with van der Waals surface area (Å²) in [6, 6.07) is 5.26. The molecule has 1 heterocycles. The quantitative estimate of drug-likeness (QED) is 0.897. The third-order valence-electron chi connectivity index (χ3n) is 2.79. The van der Waals surface area contributed by atoms with Crippen molar-refractivity contribution >= 4 is 34.9 Å². The van der Waals surface area contributed by atoms with Gasteiger partial charge in [0.15, 0.2) is 0 Å². The Kier molecular flexibility index (Phi) is 5.76. The molecule has 2 rings (SSSR count). The van der Waals surface area contributed by atoms with E-state index < -0.39 is 5.97 Å². The van der Waals surface area contributed by atoms with Gasteiger partial charge in [-0.05, 0) is 24.6 Å². The first kappa shape index (κ1) is 15.1. The molecule has 1 aliphatic heterocycles. The molecule has 1 aromatic rings. The standard InChI is InChI=1S/C11H11Cl2NO2.C2H6/c12-8-1-2-10(9(13)5-8)14-4-3-7(6-14)11(15)16;1-2/h1-2,5,7H,3-4,6H2,(H,15,16);1-2H3. The number of rotatable bonds is 2. The fraction of sp³-hybridized carbons (Fsp3) is 0.462. The second-order valence-electron chi connectivity index (χ2n) is 3.87. The van der Waals surface area contributed by atoms with Gasteiger partial charge in [-0.3, -0.25) is 4.79 Å². The van der Waals surface area contributed by atoms with Crippen LogP contribution in [0.3, 0.4) is 0 Å². The number of nitrogens with zero attached hydrogens (tertiary/aromatic N) is 1. The average Bonchev–Trinajstić information content (AvgIpc) is 2.81. The maximum Gasteiger partial charge on any atom is 0.308 e. The van der Waals surface area contributed by atoms with Gasteiger partial charge in [-0.15, -0.1) is 0 Å². The maximum absolute atomic E-state index is 10.8. The zero-order valence-electron chi connectivity index (χ0n) is 10.5. The lowest BCUT2D eigenvalue weighted by atomic mass is 10.1. The molecule has 0 amide bonds. The third-order valence-corrected chi connectivity index (χ3v) is 3.33. The summed E-state index contributed by atoms with van der Waals surface area (Å²) in [6.07, 6.45) is 0.661. The molecule has 0 bridgehead atoms. The lowest BCUT2D eigenvalue weighted by molar-refractivity contribution is -0.140. The summed E-state index contributed by atoms with van der Waals surface area (Å²) in [5.41, 5.74) is 0.856. The van der Waals surface area contributed by atoms with Crippen LogP contribution in [0.5, 0.6) is 0 Å². The van der Waals surface area contributed by atoms with Gasteiger partial charge >= 0.3 is 5.97 Å². The van der Waals surface area contributed by atoms with Crippen LogP contribution in [0.15, 0.2) is 18.2 Å². The molecule has 0 aromatic heterocycles. The number of hydrogen-bond acceptors (Lipinski definition) is 2. The normalized spacial score (nSPS) is 18.2. The number of anilines is 1. The molecule has 0 aliphatic carbocycles. The zero-order valence-corrected chi connectivity index (χ0v) is 12.0. The van der Waals surface area contributed by atoms with E-state index in [2.05, 4.69) is 0 Å². The molecule has 3 nitrogen and oxygen atoms in total. The minimum absolute atomic E-state index is 0.299. The number of hydrogen-bond donors (Lipinski definition) is 1. The summed E-state index contributed by atoms with van der Waals surface area (Å²) < 4.78 is 0. The Labute approximate surface area is 117 Å². The van der Waals surface area contributed by atoms with Gasteiger partial charge < -0.3 is 10.0 Å². The first-order chi connectivity index (χ1) is 8.58. The molecule has 100 valence electrons. The Bertz CT molecular complexity index is 423. The molecule has 1 aliphatic rings. The van der Waals surface area contributed by atoms with Gasteiger partial charge in [0.25, 0.3) is 0 Å². The maximum atomic E-state index is 10.8. The molecule has 1 saturated heterocycles. The van der Waals surface area contributed by atoms with Crippen LogP contribution >= 0.6 is 23.2 Å². The first-order valence-corrected chi connectivity index (χ1v) is 6.76. The van der Waals surface area contributed by atoms with Crippen LogP contribution in [0.2, 0.25) is 10.0 Å². The van der Waals surface area contributed by atoms with E-state index in [1.165, 1.54) is 0 Å². The monoisotopic (exact) mass is 289 g/mol. The minimum Gasteiger partial charge on any atom is -0.481 e. The van der Waals surface area contributed by atoms with E-state index in [0.29, 0.717) is 23.0 Å². The van der Waals surface area contributed by atoms with Gasteiger partial charge in [0.05, 0.1) is 16.6 Å². The van der Waals surface area contributed by atoms with Crippen LogP contribution in [-0.2, 0) is 4.79 Å². The van der Waals surface area contributed by atoms with Crippen molar-refractivity contribution in [1.82, 2.24) is 0 Å². The predicted octanol–water partition coefficient (Wildman–Crippen LogP) is 3.93. The summed E-state index contributed by atoms with van der Waals surface area (Å²) in [5.74, 6) is -1.04. The number of aliphatic carboxylic acids is 1. The summed E-state index contributed by atoms with van der Waals surface area (Å²) in [4.78, 5) is 12.8. The number of carboxylic acids is 1. The molecule has 1 atom stereocenters. The zero-order chi connectivity index (χ0) is 13.7. The van der Waals surface area contributed by atoms with E-state index >= 15 is 0 Å². The molecule has 1 N–H and O–H groups in total. The second kappa shape index (κ2) is 6.86. The molecule has 5 heteroatoms. The smallest absolute Gasteiger partial charge is 0.308 e. The van der Waals surface area contributed by atoms with E-state index in [1.807, 2.05) is 24.8 Å². The van der Waals surface area contributed by atoms with Crippen molar-refractivity contribution in [2.24, 2.45) is 5.92 Å². The Hall–Kier alpha value is -0.930. The first-order valence-electron chi connectivity index (χ1n) is 6.00. The van der Waals surface area contributed by atoms with Crippen molar-refractivity contribution in [3.63, 3.8) is 0 Å². The highest BCUT2D eigenvalue weighted by Crippen LogP contribution is 2.32. The Morgan fingerprint density at radius 1 is 1.39 bits per heavy atom. The number of carbonyl (C=O) groups is 1. The van der Waals surface area contributed by atoms with Gasteiger partial charge in [-0.25, -0.2) is 0 Å². The highest BCUT2D eigenvalue weighted by molar-refractivity contribution is 6.36. The molecule has 0 radical (unpaired) electrons. The Morgan fingerprint density at radius 3 is 2.56 bits per heavy atom. The summed E-state index contributed by atoms with van der Waals surface area (Å²) in [5, 5.41) is 10.1. The summed E-state index contributed by atoms with van der Waals surface area (Å²) >= 11 is 11.9. The van der Waals surface area contributed by atoms with Crippen LogP contribution in [-0.4, -0.2) is 24.2 Å². The van der Waals surface area contributed by atoms with Crippen molar-refractivity contribution in [2.75, 3.05) is 18.0 Å². The van der Waals surface area contributed by atoms with Gasteiger partial charge in [-0.2, -0.15) is 0 Å². The average molecular weight is 290 g/mol.